The molecule has 1 rings (SSSR count). The van der Waals surface area contributed by atoms with Crippen LogP contribution in [0.5, 0.6) is 0 Å². The number of nitrogens with one attached hydrogen (secondary N) is 1. The number of hydrogen-bond donors (Lipinski definition) is 2. The van der Waals surface area contributed by atoms with Crippen molar-refractivity contribution < 1.29 is 9.90 Å². The Morgan fingerprint density at radius 1 is 1.62 bits per heavy atom. The van der Waals surface area contributed by atoms with Crippen LogP contribution in [0.4, 0.5) is 0 Å². The second kappa shape index (κ2) is 5.07. The molecule has 0 bridgehead atoms. The lowest BCUT2D eigenvalue weighted by Crippen LogP contribution is -2.48. The first-order chi connectivity index (χ1) is 7.53. The van der Waals surface area contributed by atoms with Crippen molar-refractivity contribution in [2.75, 3.05) is 0 Å². The second-order valence-corrected chi connectivity index (χ2v) is 3.84. The molecule has 0 fully saturated rings. The van der Waals surface area contributed by atoms with Crippen LogP contribution in [0.15, 0.2) is 6.33 Å². The highest BCUT2D eigenvalue weighted by molar-refractivity contribution is 5.78. The molecule has 1 unspecified atom stereocenters. The summed E-state index contributed by atoms with van der Waals surface area (Å²) in [6.45, 7) is 6.61. The normalized spacial score (nSPS) is 14.7. The number of aryl methyl sites for hydroxylation is 1. The van der Waals surface area contributed by atoms with Crippen LogP contribution in [0.2, 0.25) is 0 Å². The lowest BCUT2D eigenvalue weighted by Gasteiger charge is -2.24. The van der Waals surface area contributed by atoms with Gasteiger partial charge in [0.1, 0.15) is 17.7 Å². The Morgan fingerprint density at radius 2 is 2.31 bits per heavy atom. The van der Waals surface area contributed by atoms with Crippen molar-refractivity contribution in [1.82, 2.24) is 20.1 Å². The van der Waals surface area contributed by atoms with Crippen LogP contribution in [-0.4, -0.2) is 31.4 Å². The maximum atomic E-state index is 11.1. The summed E-state index contributed by atoms with van der Waals surface area (Å²) in [4.78, 5) is 15.1. The molecule has 1 heterocycles. The van der Waals surface area contributed by atoms with Crippen molar-refractivity contribution in [2.45, 2.75) is 45.8 Å². The molecule has 90 valence electrons. The van der Waals surface area contributed by atoms with E-state index < -0.39 is 11.5 Å². The number of carbonyl (C=O) groups is 1. The minimum atomic E-state index is -0.912. The van der Waals surface area contributed by atoms with Gasteiger partial charge in [-0.1, -0.05) is 6.92 Å². The third-order valence-electron chi connectivity index (χ3n) is 2.81. The van der Waals surface area contributed by atoms with E-state index in [2.05, 4.69) is 15.4 Å². The van der Waals surface area contributed by atoms with Gasteiger partial charge in [0.2, 0.25) is 0 Å². The summed E-state index contributed by atoms with van der Waals surface area (Å²) >= 11 is 0. The van der Waals surface area contributed by atoms with E-state index >= 15 is 0 Å². The number of nitrogens with zero attached hydrogens (tertiary/aromatic N) is 3. The summed E-state index contributed by atoms with van der Waals surface area (Å²) in [5, 5.41) is 16.1. The summed E-state index contributed by atoms with van der Waals surface area (Å²) < 4.78 is 1.74. The quantitative estimate of drug-likeness (QED) is 0.744. The van der Waals surface area contributed by atoms with Gasteiger partial charge in [0, 0.05) is 6.54 Å². The van der Waals surface area contributed by atoms with E-state index in [1.807, 2.05) is 13.8 Å². The van der Waals surface area contributed by atoms with Crippen molar-refractivity contribution >= 4 is 5.97 Å². The van der Waals surface area contributed by atoms with Gasteiger partial charge in [-0.2, -0.15) is 5.10 Å². The molecule has 6 nitrogen and oxygen atoms in total. The molecule has 0 aromatic carbocycles. The van der Waals surface area contributed by atoms with Crippen molar-refractivity contribution in [3.8, 4) is 0 Å². The average molecular weight is 226 g/mol. The third kappa shape index (κ3) is 2.57. The van der Waals surface area contributed by atoms with E-state index in [1.165, 1.54) is 6.33 Å². The summed E-state index contributed by atoms with van der Waals surface area (Å²) in [5.41, 5.74) is -0.912. The van der Waals surface area contributed by atoms with Crippen LogP contribution >= 0.6 is 0 Å². The van der Waals surface area contributed by atoms with Crippen LogP contribution in [-0.2, 0) is 17.9 Å². The minimum Gasteiger partial charge on any atom is -0.480 e. The van der Waals surface area contributed by atoms with E-state index in [9.17, 15) is 4.79 Å². The number of carboxylic acids is 1. The van der Waals surface area contributed by atoms with E-state index in [4.69, 9.17) is 5.11 Å². The Morgan fingerprint density at radius 3 is 2.81 bits per heavy atom. The molecule has 16 heavy (non-hydrogen) atoms. The van der Waals surface area contributed by atoms with Gasteiger partial charge in [0.25, 0.3) is 0 Å². The maximum Gasteiger partial charge on any atom is 0.323 e. The number of carboxylic acid groups (broad SMARTS) is 1. The molecule has 0 aliphatic carbocycles. The van der Waals surface area contributed by atoms with E-state index in [0.29, 0.717) is 13.0 Å². The molecule has 0 saturated heterocycles. The smallest absolute Gasteiger partial charge is 0.323 e. The van der Waals surface area contributed by atoms with Crippen LogP contribution in [0.1, 0.15) is 33.0 Å². The minimum absolute atomic E-state index is 0.407. The fraction of sp³-hybridized carbons (Fsp3) is 0.700. The van der Waals surface area contributed by atoms with E-state index in [0.717, 1.165) is 12.4 Å². The molecule has 0 radical (unpaired) electrons. The Balaban J connectivity index is 2.66. The molecule has 1 atom stereocenters. The highest BCUT2D eigenvalue weighted by Gasteiger charge is 2.30. The van der Waals surface area contributed by atoms with Crippen LogP contribution in [0, 0.1) is 0 Å². The SMILES string of the molecule is CCn1ncnc1CNC(C)(CC)C(=O)O. The van der Waals surface area contributed by atoms with Crippen molar-refractivity contribution in [3.63, 3.8) is 0 Å². The number of hydrogen-bond acceptors (Lipinski definition) is 4. The average Bonchev–Trinajstić information content (AvgIpc) is 2.72. The number of aromatic nitrogens is 3. The molecule has 0 aliphatic rings. The maximum absolute atomic E-state index is 11.1. The second-order valence-electron chi connectivity index (χ2n) is 3.84. The first-order valence-electron chi connectivity index (χ1n) is 5.38. The summed E-state index contributed by atoms with van der Waals surface area (Å²) in [6.07, 6.45) is 1.99. The molecular weight excluding hydrogens is 208 g/mol. The van der Waals surface area contributed by atoms with Gasteiger partial charge in [-0.25, -0.2) is 9.67 Å². The zero-order valence-corrected chi connectivity index (χ0v) is 9.90. The lowest BCUT2D eigenvalue weighted by molar-refractivity contribution is -0.144. The van der Waals surface area contributed by atoms with Gasteiger partial charge >= 0.3 is 5.97 Å². The van der Waals surface area contributed by atoms with E-state index in [-0.39, 0.29) is 0 Å². The summed E-state index contributed by atoms with van der Waals surface area (Å²) in [6, 6.07) is 0. The number of aliphatic carboxylic acids is 1. The van der Waals surface area contributed by atoms with Gasteiger partial charge in [-0.3, -0.25) is 10.1 Å². The van der Waals surface area contributed by atoms with Crippen molar-refractivity contribution in [3.05, 3.63) is 12.2 Å². The molecule has 0 spiro atoms. The molecule has 1 aromatic heterocycles. The van der Waals surface area contributed by atoms with E-state index in [1.54, 1.807) is 11.6 Å². The predicted octanol–water partition coefficient (Wildman–Crippen LogP) is 0.641. The molecule has 0 amide bonds. The Bertz CT molecular complexity index is 363. The molecule has 1 aromatic rings. The highest BCUT2D eigenvalue weighted by Crippen LogP contribution is 2.10. The first kappa shape index (κ1) is 12.6. The fourth-order valence-corrected chi connectivity index (χ4v) is 1.32. The fourth-order valence-electron chi connectivity index (χ4n) is 1.32. The Labute approximate surface area is 94.7 Å². The standard InChI is InChI=1S/C10H18N4O2/c1-4-10(3,9(15)16)12-6-8-11-7-13-14(8)5-2/h7,12H,4-6H2,1-3H3,(H,15,16). The van der Waals surface area contributed by atoms with Gasteiger partial charge in [0.05, 0.1) is 6.54 Å². The van der Waals surface area contributed by atoms with Gasteiger partial charge in [0.15, 0.2) is 0 Å². The van der Waals surface area contributed by atoms with Crippen LogP contribution in [0.3, 0.4) is 0 Å². The molecule has 6 heteroatoms. The molecule has 0 saturated carbocycles. The largest absolute Gasteiger partial charge is 0.480 e. The summed E-state index contributed by atoms with van der Waals surface area (Å²) in [5.74, 6) is -0.0963. The zero-order chi connectivity index (χ0) is 12.2. The molecular formula is C10H18N4O2. The third-order valence-corrected chi connectivity index (χ3v) is 2.81. The van der Waals surface area contributed by atoms with Crippen LogP contribution < -0.4 is 5.32 Å². The molecule has 2 N–H and O–H groups in total. The number of rotatable bonds is 6. The summed E-state index contributed by atoms with van der Waals surface area (Å²) in [7, 11) is 0. The lowest BCUT2D eigenvalue weighted by atomic mass is 9.99. The predicted molar refractivity (Wildman–Crippen MR) is 58.9 cm³/mol. The van der Waals surface area contributed by atoms with Gasteiger partial charge in [-0.15, -0.1) is 0 Å². The monoisotopic (exact) mass is 226 g/mol. The Hall–Kier alpha value is -1.43. The highest BCUT2D eigenvalue weighted by atomic mass is 16.4. The Kier molecular flexibility index (Phi) is 4.00. The first-order valence-corrected chi connectivity index (χ1v) is 5.38. The van der Waals surface area contributed by atoms with Gasteiger partial charge in [-0.05, 0) is 20.3 Å². The van der Waals surface area contributed by atoms with Crippen LogP contribution in [0.25, 0.3) is 0 Å². The topological polar surface area (TPSA) is 80.0 Å². The van der Waals surface area contributed by atoms with Crippen molar-refractivity contribution in [2.24, 2.45) is 0 Å². The zero-order valence-electron chi connectivity index (χ0n) is 9.90. The molecule has 0 aliphatic heterocycles. The van der Waals surface area contributed by atoms with Gasteiger partial charge < -0.3 is 5.11 Å². The van der Waals surface area contributed by atoms with Crippen molar-refractivity contribution in [1.29, 1.82) is 0 Å².